The first kappa shape index (κ1) is 14.1. The van der Waals surface area contributed by atoms with Crippen molar-refractivity contribution >= 4 is 11.3 Å². The van der Waals surface area contributed by atoms with Crippen LogP contribution < -0.4 is 4.74 Å². The molecule has 0 unspecified atom stereocenters. The lowest BCUT2D eigenvalue weighted by atomic mass is 9.82. The molecule has 2 aromatic rings. The molecule has 1 fully saturated rings. The summed E-state index contributed by atoms with van der Waals surface area (Å²) in [5.74, 6) is 0.826. The van der Waals surface area contributed by atoms with Crippen LogP contribution in [0.25, 0.3) is 11.3 Å². The van der Waals surface area contributed by atoms with E-state index in [9.17, 15) is 5.26 Å². The van der Waals surface area contributed by atoms with Crippen molar-refractivity contribution in [2.45, 2.75) is 18.3 Å². The van der Waals surface area contributed by atoms with Crippen LogP contribution in [-0.4, -0.2) is 25.3 Å². The van der Waals surface area contributed by atoms with Crippen molar-refractivity contribution in [3.8, 4) is 23.1 Å². The molecule has 0 radical (unpaired) electrons. The van der Waals surface area contributed by atoms with E-state index in [0.717, 1.165) is 34.9 Å². The highest BCUT2D eigenvalue weighted by Gasteiger charge is 2.37. The molecule has 0 atom stereocenters. The monoisotopic (exact) mass is 300 g/mol. The molecular weight excluding hydrogens is 284 g/mol. The zero-order valence-electron chi connectivity index (χ0n) is 11.8. The zero-order chi connectivity index (χ0) is 14.7. The molecule has 108 valence electrons. The molecule has 0 amide bonds. The molecule has 21 heavy (non-hydrogen) atoms. The fourth-order valence-electron chi connectivity index (χ4n) is 2.48. The third-order valence-corrected chi connectivity index (χ3v) is 4.91. The Bertz CT molecular complexity index is 652. The molecule has 1 aliphatic rings. The van der Waals surface area contributed by atoms with Crippen molar-refractivity contribution in [3.05, 3.63) is 34.7 Å². The van der Waals surface area contributed by atoms with Crippen LogP contribution in [0.1, 0.15) is 17.8 Å². The Kier molecular flexibility index (Phi) is 3.91. The first-order chi connectivity index (χ1) is 10.3. The number of hydrogen-bond acceptors (Lipinski definition) is 5. The maximum Gasteiger partial charge on any atom is 0.118 e. The highest BCUT2D eigenvalue weighted by molar-refractivity contribution is 7.10. The first-order valence-electron chi connectivity index (χ1n) is 6.87. The summed E-state index contributed by atoms with van der Waals surface area (Å²) < 4.78 is 10.5. The third-order valence-electron chi connectivity index (χ3n) is 3.86. The molecule has 0 spiro atoms. The number of ether oxygens (including phenoxy) is 2. The highest BCUT2D eigenvalue weighted by atomic mass is 32.1. The maximum absolute atomic E-state index is 9.59. The van der Waals surface area contributed by atoms with Crippen molar-refractivity contribution in [3.63, 3.8) is 0 Å². The Labute approximate surface area is 128 Å². The number of nitriles is 1. The summed E-state index contributed by atoms with van der Waals surface area (Å²) in [6.45, 7) is 1.26. The van der Waals surface area contributed by atoms with E-state index in [1.54, 1.807) is 18.4 Å². The third kappa shape index (κ3) is 2.65. The summed E-state index contributed by atoms with van der Waals surface area (Å²) in [6, 6.07) is 10.3. The van der Waals surface area contributed by atoms with Crippen LogP contribution in [0, 0.1) is 11.3 Å². The van der Waals surface area contributed by atoms with Gasteiger partial charge in [0.1, 0.15) is 16.2 Å². The van der Waals surface area contributed by atoms with E-state index in [1.165, 1.54) is 0 Å². The maximum atomic E-state index is 9.59. The average Bonchev–Trinajstić information content (AvgIpc) is 3.06. The van der Waals surface area contributed by atoms with Crippen LogP contribution in [0.5, 0.6) is 5.75 Å². The van der Waals surface area contributed by atoms with Gasteiger partial charge in [0, 0.05) is 24.2 Å². The minimum atomic E-state index is -0.479. The van der Waals surface area contributed by atoms with Crippen LogP contribution in [0.2, 0.25) is 0 Å². The SMILES string of the molecule is COc1ccc(-c2csc(C3(C#N)CCOCC3)n2)cc1. The van der Waals surface area contributed by atoms with Gasteiger partial charge in [0.05, 0.1) is 18.9 Å². The normalized spacial score (nSPS) is 17.1. The van der Waals surface area contributed by atoms with Gasteiger partial charge in [0.2, 0.25) is 0 Å². The van der Waals surface area contributed by atoms with Gasteiger partial charge < -0.3 is 9.47 Å². The molecule has 1 saturated heterocycles. The smallest absolute Gasteiger partial charge is 0.118 e. The second-order valence-electron chi connectivity index (χ2n) is 5.07. The van der Waals surface area contributed by atoms with Crippen molar-refractivity contribution in [2.24, 2.45) is 0 Å². The minimum Gasteiger partial charge on any atom is -0.497 e. The molecular formula is C16H16N2O2S. The molecule has 0 bridgehead atoms. The van der Waals surface area contributed by atoms with Crippen LogP contribution in [0.3, 0.4) is 0 Å². The van der Waals surface area contributed by atoms with Crippen LogP contribution in [0.4, 0.5) is 0 Å². The molecule has 4 nitrogen and oxygen atoms in total. The number of hydrogen-bond donors (Lipinski definition) is 0. The van der Waals surface area contributed by atoms with Crippen LogP contribution >= 0.6 is 11.3 Å². The predicted molar refractivity (Wildman–Crippen MR) is 81.4 cm³/mol. The van der Waals surface area contributed by atoms with Gasteiger partial charge in [0.25, 0.3) is 0 Å². The van der Waals surface area contributed by atoms with Crippen LogP contribution in [-0.2, 0) is 10.2 Å². The molecule has 1 aliphatic heterocycles. The predicted octanol–water partition coefficient (Wildman–Crippen LogP) is 3.39. The Balaban J connectivity index is 1.90. The lowest BCUT2D eigenvalue weighted by molar-refractivity contribution is 0.0675. The Hall–Kier alpha value is -1.90. The summed E-state index contributed by atoms with van der Waals surface area (Å²) in [5, 5.41) is 12.5. The van der Waals surface area contributed by atoms with Gasteiger partial charge in [0.15, 0.2) is 0 Å². The average molecular weight is 300 g/mol. The van der Waals surface area contributed by atoms with Gasteiger partial charge in [-0.3, -0.25) is 0 Å². The Morgan fingerprint density at radius 3 is 2.62 bits per heavy atom. The molecule has 3 rings (SSSR count). The van der Waals surface area contributed by atoms with Gasteiger partial charge in [-0.25, -0.2) is 4.98 Å². The Morgan fingerprint density at radius 2 is 2.00 bits per heavy atom. The summed E-state index contributed by atoms with van der Waals surface area (Å²) in [4.78, 5) is 4.70. The quantitative estimate of drug-likeness (QED) is 0.872. The first-order valence-corrected chi connectivity index (χ1v) is 7.75. The van der Waals surface area contributed by atoms with Gasteiger partial charge in [-0.15, -0.1) is 11.3 Å². The van der Waals surface area contributed by atoms with Crippen molar-refractivity contribution in [2.75, 3.05) is 20.3 Å². The zero-order valence-corrected chi connectivity index (χ0v) is 12.7. The fraction of sp³-hybridized carbons (Fsp3) is 0.375. The second-order valence-corrected chi connectivity index (χ2v) is 5.93. The molecule has 5 heteroatoms. The van der Waals surface area contributed by atoms with E-state index in [2.05, 4.69) is 6.07 Å². The number of aromatic nitrogens is 1. The number of benzene rings is 1. The lowest BCUT2D eigenvalue weighted by Crippen LogP contribution is -2.32. The summed E-state index contributed by atoms with van der Waals surface area (Å²) >= 11 is 1.56. The summed E-state index contributed by atoms with van der Waals surface area (Å²) in [5.41, 5.74) is 1.48. The molecule has 0 aliphatic carbocycles. The van der Waals surface area contributed by atoms with Crippen molar-refractivity contribution in [1.29, 1.82) is 5.26 Å². The topological polar surface area (TPSA) is 55.1 Å². The van der Waals surface area contributed by atoms with E-state index in [4.69, 9.17) is 14.5 Å². The van der Waals surface area contributed by atoms with E-state index in [-0.39, 0.29) is 0 Å². The number of methoxy groups -OCH3 is 1. The van der Waals surface area contributed by atoms with Gasteiger partial charge >= 0.3 is 0 Å². The van der Waals surface area contributed by atoms with E-state index in [1.807, 2.05) is 29.6 Å². The highest BCUT2D eigenvalue weighted by Crippen LogP contribution is 2.37. The molecule has 2 heterocycles. The van der Waals surface area contributed by atoms with Gasteiger partial charge in [-0.2, -0.15) is 5.26 Å². The number of nitrogens with zero attached hydrogens (tertiary/aromatic N) is 2. The van der Waals surface area contributed by atoms with Crippen molar-refractivity contribution < 1.29 is 9.47 Å². The lowest BCUT2D eigenvalue weighted by Gasteiger charge is -2.28. The molecule has 0 N–H and O–H groups in total. The Morgan fingerprint density at radius 1 is 1.29 bits per heavy atom. The minimum absolute atomic E-state index is 0.479. The number of thiazole rings is 1. The van der Waals surface area contributed by atoms with Crippen LogP contribution in [0.15, 0.2) is 29.6 Å². The van der Waals surface area contributed by atoms with E-state index in [0.29, 0.717) is 13.2 Å². The molecule has 0 saturated carbocycles. The number of rotatable bonds is 3. The molecule has 1 aromatic carbocycles. The molecule has 1 aromatic heterocycles. The second kappa shape index (κ2) is 5.84. The van der Waals surface area contributed by atoms with Gasteiger partial charge in [-0.1, -0.05) is 0 Å². The van der Waals surface area contributed by atoms with Crippen molar-refractivity contribution in [1.82, 2.24) is 4.98 Å². The summed E-state index contributed by atoms with van der Waals surface area (Å²) in [7, 11) is 1.65. The van der Waals surface area contributed by atoms with Gasteiger partial charge in [-0.05, 0) is 37.1 Å². The fourth-order valence-corrected chi connectivity index (χ4v) is 3.52. The summed E-state index contributed by atoms with van der Waals surface area (Å²) in [6.07, 6.45) is 1.44. The van der Waals surface area contributed by atoms with E-state index >= 15 is 0 Å². The standard InChI is InChI=1S/C16H16N2O2S/c1-19-13-4-2-12(3-5-13)14-10-21-15(18-14)16(11-17)6-8-20-9-7-16/h2-5,10H,6-9H2,1H3. The largest absolute Gasteiger partial charge is 0.497 e. The van der Waals surface area contributed by atoms with E-state index < -0.39 is 5.41 Å².